The second-order valence-corrected chi connectivity index (χ2v) is 6.90. The summed E-state index contributed by atoms with van der Waals surface area (Å²) >= 11 is 0. The van der Waals surface area contributed by atoms with Gasteiger partial charge in [-0.15, -0.1) is 0 Å². The van der Waals surface area contributed by atoms with Crippen LogP contribution in [0.1, 0.15) is 19.3 Å². The Hall–Kier alpha value is -2.12. The molecule has 3 rings (SSSR count). The minimum atomic E-state index is -3.02. The van der Waals surface area contributed by atoms with Crippen LogP contribution in [0.3, 0.4) is 0 Å². The zero-order chi connectivity index (χ0) is 18.2. The van der Waals surface area contributed by atoms with Crippen molar-refractivity contribution in [1.82, 2.24) is 4.90 Å². The fourth-order valence-electron chi connectivity index (χ4n) is 4.02. The molecule has 0 radical (unpaired) electrons. The first kappa shape index (κ1) is 17.7. The number of halogens is 3. The van der Waals surface area contributed by atoms with Gasteiger partial charge in [0.25, 0.3) is 5.92 Å². The molecule has 0 bridgehead atoms. The zero-order valence-electron chi connectivity index (χ0n) is 13.8. The van der Waals surface area contributed by atoms with Crippen LogP contribution < -0.4 is 10.6 Å². The molecule has 2 saturated heterocycles. The Kier molecular flexibility index (Phi) is 4.71. The van der Waals surface area contributed by atoms with Crippen LogP contribution in [0.15, 0.2) is 18.2 Å². The second-order valence-electron chi connectivity index (χ2n) is 6.90. The molecule has 1 atom stereocenters. The summed E-state index contributed by atoms with van der Waals surface area (Å²) in [5, 5.41) is 8.91. The Morgan fingerprint density at radius 2 is 1.88 bits per heavy atom. The predicted molar refractivity (Wildman–Crippen MR) is 88.4 cm³/mol. The highest BCUT2D eigenvalue weighted by molar-refractivity contribution is 5.65. The summed E-state index contributed by atoms with van der Waals surface area (Å²) in [4.78, 5) is 13.6. The third-order valence-corrected chi connectivity index (χ3v) is 5.35. The highest BCUT2D eigenvalue weighted by Crippen LogP contribution is 2.42. The first-order chi connectivity index (χ1) is 11.8. The minimum Gasteiger partial charge on any atom is -0.465 e. The summed E-state index contributed by atoms with van der Waals surface area (Å²) in [5.41, 5.74) is 6.34. The van der Waals surface area contributed by atoms with Crippen molar-refractivity contribution in [2.75, 3.05) is 36.8 Å². The first-order valence-corrected chi connectivity index (χ1v) is 8.43. The van der Waals surface area contributed by atoms with Crippen molar-refractivity contribution >= 4 is 17.5 Å². The van der Waals surface area contributed by atoms with E-state index in [0.717, 1.165) is 4.90 Å². The van der Waals surface area contributed by atoms with Gasteiger partial charge >= 0.3 is 6.09 Å². The van der Waals surface area contributed by atoms with Gasteiger partial charge in [0, 0.05) is 31.2 Å². The molecule has 8 heteroatoms. The molecule has 2 aliphatic rings. The molecule has 2 heterocycles. The second kappa shape index (κ2) is 6.65. The van der Waals surface area contributed by atoms with E-state index in [1.54, 1.807) is 12.1 Å². The molecule has 2 fully saturated rings. The van der Waals surface area contributed by atoms with Crippen molar-refractivity contribution in [2.24, 2.45) is 11.8 Å². The molecule has 0 saturated carbocycles. The maximum Gasteiger partial charge on any atom is 0.407 e. The number of nitrogens with zero attached hydrogens (tertiary/aromatic N) is 2. The van der Waals surface area contributed by atoms with Crippen LogP contribution in [-0.2, 0) is 0 Å². The smallest absolute Gasteiger partial charge is 0.407 e. The van der Waals surface area contributed by atoms with E-state index in [1.165, 1.54) is 6.07 Å². The lowest BCUT2D eigenvalue weighted by Crippen LogP contribution is -2.53. The number of piperidine rings is 2. The molecule has 1 aromatic rings. The molecule has 25 heavy (non-hydrogen) atoms. The molecule has 0 spiro atoms. The van der Waals surface area contributed by atoms with Crippen molar-refractivity contribution in [3.8, 4) is 0 Å². The minimum absolute atomic E-state index is 0.141. The fraction of sp³-hybridized carbons (Fsp3) is 0.588. The number of hydrogen-bond acceptors (Lipinski definition) is 3. The number of hydrogen-bond donors (Lipinski definition) is 2. The monoisotopic (exact) mass is 357 g/mol. The van der Waals surface area contributed by atoms with Gasteiger partial charge in [0.15, 0.2) is 0 Å². The van der Waals surface area contributed by atoms with E-state index in [-0.39, 0.29) is 18.9 Å². The van der Waals surface area contributed by atoms with Crippen molar-refractivity contribution < 1.29 is 23.1 Å². The number of benzene rings is 1. The van der Waals surface area contributed by atoms with Crippen LogP contribution in [-0.4, -0.2) is 48.2 Å². The number of carbonyl (C=O) groups is 1. The number of nitrogen functional groups attached to an aromatic ring is 1. The summed E-state index contributed by atoms with van der Waals surface area (Å²) in [5.74, 6) is -4.42. The van der Waals surface area contributed by atoms with Crippen LogP contribution >= 0.6 is 0 Å². The van der Waals surface area contributed by atoms with Crippen LogP contribution in [0, 0.1) is 17.7 Å². The number of amides is 1. The van der Waals surface area contributed by atoms with Gasteiger partial charge in [0.2, 0.25) is 0 Å². The molecule has 138 valence electrons. The van der Waals surface area contributed by atoms with E-state index < -0.39 is 30.3 Å². The van der Waals surface area contributed by atoms with Gasteiger partial charge in [-0.05, 0) is 43.4 Å². The number of anilines is 2. The van der Waals surface area contributed by atoms with E-state index in [2.05, 4.69) is 0 Å². The average Bonchev–Trinajstić information content (AvgIpc) is 2.54. The van der Waals surface area contributed by atoms with Gasteiger partial charge in [-0.1, -0.05) is 0 Å². The van der Waals surface area contributed by atoms with Crippen molar-refractivity contribution in [3.63, 3.8) is 0 Å². The van der Waals surface area contributed by atoms with Gasteiger partial charge in [-0.3, -0.25) is 0 Å². The highest BCUT2D eigenvalue weighted by Gasteiger charge is 2.49. The Labute approximate surface area is 144 Å². The molecule has 1 amide bonds. The lowest BCUT2D eigenvalue weighted by Gasteiger charge is -2.44. The van der Waals surface area contributed by atoms with Crippen LogP contribution in [0.5, 0.6) is 0 Å². The Morgan fingerprint density at radius 3 is 2.44 bits per heavy atom. The summed E-state index contributed by atoms with van der Waals surface area (Å²) in [6, 6.07) is 4.50. The molecule has 0 aromatic heterocycles. The number of nitrogens with two attached hydrogens (primary N) is 1. The van der Waals surface area contributed by atoms with Crippen LogP contribution in [0.25, 0.3) is 0 Å². The summed E-state index contributed by atoms with van der Waals surface area (Å²) in [6.45, 7) is 0.406. The largest absolute Gasteiger partial charge is 0.465 e. The predicted octanol–water partition coefficient (Wildman–Crippen LogP) is 3.26. The van der Waals surface area contributed by atoms with Gasteiger partial charge in [-0.2, -0.15) is 0 Å². The van der Waals surface area contributed by atoms with Crippen molar-refractivity contribution in [2.45, 2.75) is 25.2 Å². The molecule has 3 N–H and O–H groups in total. The van der Waals surface area contributed by atoms with Gasteiger partial charge < -0.3 is 20.6 Å². The Bertz CT molecular complexity index is 648. The van der Waals surface area contributed by atoms with Gasteiger partial charge in [0.1, 0.15) is 5.82 Å². The lowest BCUT2D eigenvalue weighted by molar-refractivity contribution is -0.125. The standard InChI is InChI=1S/C17H22F3N3O2/c18-14-9-12(21)1-2-15(14)22-6-3-11(4-7-22)13-5-8-23(16(24)25)10-17(13,19)20/h1-2,9,11,13H,3-8,10,21H2,(H,24,25)/t13-/m0/s1. The number of rotatable bonds is 2. The quantitative estimate of drug-likeness (QED) is 0.797. The normalized spacial score (nSPS) is 24.4. The highest BCUT2D eigenvalue weighted by atomic mass is 19.3. The third kappa shape index (κ3) is 3.62. The summed E-state index contributed by atoms with van der Waals surface area (Å²) in [7, 11) is 0. The van der Waals surface area contributed by atoms with Crippen LogP contribution in [0.4, 0.5) is 29.3 Å². The lowest BCUT2D eigenvalue weighted by atomic mass is 9.76. The van der Waals surface area contributed by atoms with Gasteiger partial charge in [-0.25, -0.2) is 18.0 Å². The average molecular weight is 357 g/mol. The molecular weight excluding hydrogens is 335 g/mol. The topological polar surface area (TPSA) is 69.8 Å². The van der Waals surface area contributed by atoms with Gasteiger partial charge in [0.05, 0.1) is 12.2 Å². The van der Waals surface area contributed by atoms with Crippen LogP contribution in [0.2, 0.25) is 0 Å². The summed E-state index contributed by atoms with van der Waals surface area (Å²) < 4.78 is 42.8. The fourth-order valence-corrected chi connectivity index (χ4v) is 4.02. The summed E-state index contributed by atoms with van der Waals surface area (Å²) in [6.07, 6.45) is -0.0548. The third-order valence-electron chi connectivity index (χ3n) is 5.35. The molecule has 5 nitrogen and oxygen atoms in total. The van der Waals surface area contributed by atoms with E-state index >= 15 is 0 Å². The SMILES string of the molecule is Nc1ccc(N2CCC([C@@H]3CCN(C(=O)O)CC3(F)F)CC2)c(F)c1. The maximum atomic E-state index is 14.4. The number of likely N-dealkylation sites (tertiary alicyclic amines) is 1. The molecule has 1 aromatic carbocycles. The Morgan fingerprint density at radius 1 is 1.20 bits per heavy atom. The van der Waals surface area contributed by atoms with Crippen molar-refractivity contribution in [3.05, 3.63) is 24.0 Å². The zero-order valence-corrected chi connectivity index (χ0v) is 13.8. The number of carboxylic acid groups (broad SMARTS) is 1. The Balaban J connectivity index is 1.63. The molecule has 2 aliphatic heterocycles. The first-order valence-electron chi connectivity index (χ1n) is 8.43. The number of alkyl halides is 2. The molecular formula is C17H22F3N3O2. The maximum absolute atomic E-state index is 14.4. The van der Waals surface area contributed by atoms with E-state index in [4.69, 9.17) is 10.8 Å². The van der Waals surface area contributed by atoms with E-state index in [9.17, 15) is 18.0 Å². The van der Waals surface area contributed by atoms with E-state index in [0.29, 0.717) is 37.3 Å². The van der Waals surface area contributed by atoms with E-state index in [1.807, 2.05) is 4.90 Å². The molecule has 0 unspecified atom stereocenters. The van der Waals surface area contributed by atoms with Crippen molar-refractivity contribution in [1.29, 1.82) is 0 Å². The molecule has 0 aliphatic carbocycles.